The van der Waals surface area contributed by atoms with Crippen LogP contribution in [0.15, 0.2) is 78.9 Å². The molecule has 2 saturated heterocycles. The van der Waals surface area contributed by atoms with Crippen LogP contribution in [-0.2, 0) is 14.4 Å². The molecule has 0 spiro atoms. The number of imide groups is 1. The second-order valence-corrected chi connectivity index (χ2v) is 7.74. The van der Waals surface area contributed by atoms with Crippen LogP contribution in [0.1, 0.15) is 11.6 Å². The molecule has 34 heavy (non-hydrogen) atoms. The summed E-state index contributed by atoms with van der Waals surface area (Å²) in [5.41, 5.74) is 0.771. The number of anilines is 2. The molecule has 0 N–H and O–H groups in total. The highest BCUT2D eigenvalue weighted by atomic mass is 19.4. The van der Waals surface area contributed by atoms with E-state index in [2.05, 4.69) is 4.74 Å². The summed E-state index contributed by atoms with van der Waals surface area (Å²) in [6.45, 7) is 0. The summed E-state index contributed by atoms with van der Waals surface area (Å²) in [7, 11) is 0. The Balaban J connectivity index is 1.55. The van der Waals surface area contributed by atoms with Crippen molar-refractivity contribution in [3.05, 3.63) is 90.2 Å². The van der Waals surface area contributed by atoms with E-state index in [0.717, 1.165) is 23.1 Å². The highest BCUT2D eigenvalue weighted by Crippen LogP contribution is 2.48. The molecule has 0 aromatic heterocycles. The van der Waals surface area contributed by atoms with Crippen LogP contribution < -0.4 is 14.7 Å². The number of carbonyl (C=O) groups excluding carboxylic acids is 2. The second-order valence-electron chi connectivity index (χ2n) is 7.74. The second kappa shape index (κ2) is 8.14. The topological polar surface area (TPSA) is 59.1 Å². The Morgan fingerprint density at radius 2 is 1.47 bits per heavy atom. The van der Waals surface area contributed by atoms with Crippen molar-refractivity contribution in [2.45, 2.75) is 18.5 Å². The third-order valence-electron chi connectivity index (χ3n) is 5.67. The molecule has 2 heterocycles. The van der Waals surface area contributed by atoms with Gasteiger partial charge in [0.1, 0.15) is 17.5 Å². The fraction of sp³-hybridized carbons (Fsp3) is 0.167. The third kappa shape index (κ3) is 3.75. The number of carbonyl (C=O) groups is 2. The normalized spacial score (nSPS) is 22.3. The first-order chi connectivity index (χ1) is 16.2. The van der Waals surface area contributed by atoms with Crippen LogP contribution in [0.25, 0.3) is 0 Å². The first kappa shape index (κ1) is 21.9. The third-order valence-corrected chi connectivity index (χ3v) is 5.67. The van der Waals surface area contributed by atoms with Crippen molar-refractivity contribution in [2.24, 2.45) is 5.92 Å². The Hall–Kier alpha value is -3.92. The van der Waals surface area contributed by atoms with E-state index >= 15 is 0 Å². The minimum Gasteiger partial charge on any atom is -0.406 e. The summed E-state index contributed by atoms with van der Waals surface area (Å²) in [4.78, 5) is 33.3. The zero-order valence-corrected chi connectivity index (χ0v) is 17.3. The Morgan fingerprint density at radius 1 is 0.824 bits per heavy atom. The maximum Gasteiger partial charge on any atom is 0.573 e. The number of fused-ring (bicyclic) bond motifs is 1. The van der Waals surface area contributed by atoms with E-state index in [0.29, 0.717) is 11.3 Å². The molecular weight excluding hydrogens is 456 g/mol. The van der Waals surface area contributed by atoms with Gasteiger partial charge in [-0.3, -0.25) is 14.4 Å². The van der Waals surface area contributed by atoms with Gasteiger partial charge in [-0.05, 0) is 42.0 Å². The summed E-state index contributed by atoms with van der Waals surface area (Å²) in [6, 6.07) is 18.2. The average molecular weight is 472 g/mol. The maximum atomic E-state index is 14.4. The summed E-state index contributed by atoms with van der Waals surface area (Å²) < 4.78 is 56.0. The van der Waals surface area contributed by atoms with Crippen molar-refractivity contribution in [1.29, 1.82) is 0 Å². The molecule has 5 rings (SSSR count). The highest BCUT2D eigenvalue weighted by Gasteiger charge is 2.60. The van der Waals surface area contributed by atoms with Gasteiger partial charge in [0.15, 0.2) is 6.10 Å². The Morgan fingerprint density at radius 3 is 2.12 bits per heavy atom. The van der Waals surface area contributed by atoms with Gasteiger partial charge in [-0.2, -0.15) is 0 Å². The van der Waals surface area contributed by atoms with E-state index < -0.39 is 47.8 Å². The maximum absolute atomic E-state index is 14.4. The molecule has 0 bridgehead atoms. The number of hydrogen-bond acceptors (Lipinski definition) is 5. The van der Waals surface area contributed by atoms with E-state index in [-0.39, 0.29) is 5.69 Å². The number of benzene rings is 3. The molecule has 6 nitrogen and oxygen atoms in total. The van der Waals surface area contributed by atoms with Gasteiger partial charge in [-0.1, -0.05) is 42.5 Å². The lowest BCUT2D eigenvalue weighted by Gasteiger charge is -2.29. The predicted molar refractivity (Wildman–Crippen MR) is 112 cm³/mol. The van der Waals surface area contributed by atoms with Crippen molar-refractivity contribution < 1.29 is 36.7 Å². The first-order valence-electron chi connectivity index (χ1n) is 10.2. The van der Waals surface area contributed by atoms with Gasteiger partial charge in [0.2, 0.25) is 5.91 Å². The van der Waals surface area contributed by atoms with Gasteiger partial charge in [0.25, 0.3) is 5.91 Å². The van der Waals surface area contributed by atoms with Gasteiger partial charge >= 0.3 is 6.36 Å². The SMILES string of the molecule is O=C1[C@H]2[C@@H](ON(c3ccccc3)[C@H]2c2ccc(OC(F)(F)F)cc2)C(=O)N1c1ccccc1F. The molecule has 174 valence electrons. The molecule has 3 aromatic rings. The first-order valence-corrected chi connectivity index (χ1v) is 10.2. The standard InChI is InChI=1S/C24H16F4N2O4/c25-17-8-4-5-9-18(17)29-22(31)19-20(14-10-12-16(13-11-14)33-24(26,27)28)30(34-21(19)23(29)32)15-6-2-1-3-7-15/h1-13,19-21H/t19-,20+,21-/m1/s1. The van der Waals surface area contributed by atoms with Crippen molar-refractivity contribution in [3.8, 4) is 5.75 Å². The van der Waals surface area contributed by atoms with Crippen LogP contribution in [0, 0.1) is 11.7 Å². The number of hydrogen-bond donors (Lipinski definition) is 0. The number of halogens is 4. The van der Waals surface area contributed by atoms with Gasteiger partial charge in [0.05, 0.1) is 17.4 Å². The van der Waals surface area contributed by atoms with Crippen LogP contribution in [0.4, 0.5) is 28.9 Å². The molecule has 0 unspecified atom stereocenters. The summed E-state index contributed by atoms with van der Waals surface area (Å²) in [5.74, 6) is -3.62. The lowest BCUT2D eigenvalue weighted by Crippen LogP contribution is -2.37. The zero-order chi connectivity index (χ0) is 24.0. The van der Waals surface area contributed by atoms with Crippen molar-refractivity contribution in [2.75, 3.05) is 9.96 Å². The van der Waals surface area contributed by atoms with Crippen LogP contribution in [0.3, 0.4) is 0 Å². The molecule has 2 aliphatic rings. The lowest BCUT2D eigenvalue weighted by molar-refractivity contribution is -0.274. The van der Waals surface area contributed by atoms with E-state index in [9.17, 15) is 27.2 Å². The summed E-state index contributed by atoms with van der Waals surface area (Å²) in [5, 5.41) is 1.39. The van der Waals surface area contributed by atoms with Gasteiger partial charge in [-0.15, -0.1) is 13.2 Å². The monoisotopic (exact) mass is 472 g/mol. The van der Waals surface area contributed by atoms with Crippen molar-refractivity contribution in [1.82, 2.24) is 0 Å². The van der Waals surface area contributed by atoms with Crippen LogP contribution in [0.5, 0.6) is 5.75 Å². The smallest absolute Gasteiger partial charge is 0.406 e. The van der Waals surface area contributed by atoms with E-state index in [1.54, 1.807) is 30.3 Å². The molecule has 0 saturated carbocycles. The molecule has 0 aliphatic carbocycles. The number of amides is 2. The van der Waals surface area contributed by atoms with E-state index in [1.165, 1.54) is 35.4 Å². The zero-order valence-electron chi connectivity index (χ0n) is 17.3. The van der Waals surface area contributed by atoms with Crippen molar-refractivity contribution in [3.63, 3.8) is 0 Å². The fourth-order valence-electron chi connectivity index (χ4n) is 4.29. The predicted octanol–water partition coefficient (Wildman–Crippen LogP) is 4.78. The number of alkyl halides is 3. The van der Waals surface area contributed by atoms with Crippen LogP contribution in [-0.4, -0.2) is 24.3 Å². The molecule has 3 aromatic carbocycles. The summed E-state index contributed by atoms with van der Waals surface area (Å²) >= 11 is 0. The molecule has 2 amide bonds. The van der Waals surface area contributed by atoms with Crippen LogP contribution in [0.2, 0.25) is 0 Å². The van der Waals surface area contributed by atoms with Gasteiger partial charge in [-0.25, -0.2) is 14.4 Å². The van der Waals surface area contributed by atoms with E-state index in [1.807, 2.05) is 0 Å². The molecular formula is C24H16F4N2O4. The number of rotatable bonds is 4. The van der Waals surface area contributed by atoms with Crippen LogP contribution >= 0.6 is 0 Å². The quantitative estimate of drug-likeness (QED) is 0.404. The Bertz CT molecular complexity index is 1230. The number of ether oxygens (including phenoxy) is 1. The number of nitrogens with zero attached hydrogens (tertiary/aromatic N) is 2. The molecule has 2 aliphatic heterocycles. The largest absolute Gasteiger partial charge is 0.573 e. The fourth-order valence-corrected chi connectivity index (χ4v) is 4.29. The van der Waals surface area contributed by atoms with E-state index in [4.69, 9.17) is 4.84 Å². The Labute approximate surface area is 190 Å². The molecule has 3 atom stereocenters. The average Bonchev–Trinajstić information content (AvgIpc) is 3.31. The van der Waals surface area contributed by atoms with Crippen molar-refractivity contribution >= 4 is 23.2 Å². The number of hydroxylamine groups is 1. The van der Waals surface area contributed by atoms with Gasteiger partial charge < -0.3 is 4.74 Å². The lowest BCUT2D eigenvalue weighted by atomic mass is 9.90. The summed E-state index contributed by atoms with van der Waals surface area (Å²) in [6.07, 6.45) is -6.09. The Kier molecular flexibility index (Phi) is 5.24. The molecule has 0 radical (unpaired) electrons. The molecule has 10 heteroatoms. The molecule has 2 fully saturated rings. The minimum atomic E-state index is -4.85. The number of para-hydroxylation sites is 2. The minimum absolute atomic E-state index is 0.186. The van der Waals surface area contributed by atoms with Gasteiger partial charge in [0, 0.05) is 0 Å². The highest BCUT2D eigenvalue weighted by molar-refractivity contribution is 6.24.